The lowest BCUT2D eigenvalue weighted by atomic mass is 10.2. The van der Waals surface area contributed by atoms with Gasteiger partial charge in [-0.1, -0.05) is 18.2 Å². The van der Waals surface area contributed by atoms with Gasteiger partial charge in [0.2, 0.25) is 0 Å². The van der Waals surface area contributed by atoms with Crippen LogP contribution in [0.1, 0.15) is 24.3 Å². The second-order valence-electron chi connectivity index (χ2n) is 5.56. The number of amides is 1. The highest BCUT2D eigenvalue weighted by Gasteiger charge is 2.09. The number of carbonyl (C=O) groups is 1. The molecule has 5 heteroatoms. The van der Waals surface area contributed by atoms with Crippen molar-refractivity contribution in [2.45, 2.75) is 19.9 Å². The third-order valence-electron chi connectivity index (χ3n) is 3.32. The molecule has 2 N–H and O–H groups in total. The number of hydrogen-bond acceptors (Lipinski definition) is 4. The Balaban J connectivity index is 1.89. The molecule has 0 bridgehead atoms. The number of aromatic nitrogens is 2. The third-order valence-corrected chi connectivity index (χ3v) is 3.32. The van der Waals surface area contributed by atoms with E-state index in [0.717, 1.165) is 22.3 Å². The minimum absolute atomic E-state index is 0.0724. The molecule has 23 heavy (non-hydrogen) atoms. The Labute approximate surface area is 134 Å². The van der Waals surface area contributed by atoms with E-state index in [1.165, 1.54) is 0 Å². The molecule has 0 saturated heterocycles. The molecule has 3 aromatic rings. The van der Waals surface area contributed by atoms with E-state index in [9.17, 15) is 4.79 Å². The summed E-state index contributed by atoms with van der Waals surface area (Å²) in [6.45, 7) is 3.84. The van der Waals surface area contributed by atoms with Crippen molar-refractivity contribution in [3.8, 4) is 0 Å². The van der Waals surface area contributed by atoms with E-state index in [4.69, 9.17) is 0 Å². The summed E-state index contributed by atoms with van der Waals surface area (Å²) in [7, 11) is 0. The summed E-state index contributed by atoms with van der Waals surface area (Å²) in [5, 5.41) is 7.21. The molecule has 2 aromatic heterocycles. The van der Waals surface area contributed by atoms with Gasteiger partial charge >= 0.3 is 0 Å². The summed E-state index contributed by atoms with van der Waals surface area (Å²) in [6, 6.07) is 13.5. The van der Waals surface area contributed by atoms with Crippen LogP contribution < -0.4 is 10.6 Å². The van der Waals surface area contributed by atoms with Crippen molar-refractivity contribution < 1.29 is 4.79 Å². The van der Waals surface area contributed by atoms with Crippen LogP contribution in [0.15, 0.2) is 54.9 Å². The second kappa shape index (κ2) is 6.44. The summed E-state index contributed by atoms with van der Waals surface area (Å²) >= 11 is 0. The van der Waals surface area contributed by atoms with E-state index in [0.29, 0.717) is 5.69 Å². The fraction of sp³-hybridized carbons (Fsp3) is 0.167. The molecular formula is C18H18N4O. The number of pyridine rings is 2. The second-order valence-corrected chi connectivity index (χ2v) is 5.56. The fourth-order valence-electron chi connectivity index (χ4n) is 2.33. The van der Waals surface area contributed by atoms with Crippen LogP contribution in [0, 0.1) is 0 Å². The maximum Gasteiger partial charge on any atom is 0.270 e. The van der Waals surface area contributed by atoms with Gasteiger partial charge in [0.1, 0.15) is 5.69 Å². The Kier molecular flexibility index (Phi) is 4.19. The molecular weight excluding hydrogens is 288 g/mol. The highest BCUT2D eigenvalue weighted by Crippen LogP contribution is 2.24. The molecule has 5 nitrogen and oxygen atoms in total. The normalized spacial score (nSPS) is 10.7. The number of fused-ring (bicyclic) bond motifs is 1. The maximum absolute atomic E-state index is 12.1. The average molecular weight is 306 g/mol. The lowest BCUT2D eigenvalue weighted by Crippen LogP contribution is -2.30. The highest BCUT2D eigenvalue weighted by atomic mass is 16.1. The van der Waals surface area contributed by atoms with Gasteiger partial charge < -0.3 is 10.6 Å². The highest BCUT2D eigenvalue weighted by molar-refractivity contribution is 5.95. The minimum atomic E-state index is -0.181. The first-order chi connectivity index (χ1) is 11.1. The average Bonchev–Trinajstić information content (AvgIpc) is 2.55. The maximum atomic E-state index is 12.1. The van der Waals surface area contributed by atoms with E-state index in [2.05, 4.69) is 20.6 Å². The standard InChI is InChI=1S/C18H18N4O/c1-12(2)21-18(23)16-11-14(8-10-19-16)22-15-7-3-5-13-6-4-9-20-17(13)15/h3-12H,1-2H3,(H,19,22)(H,21,23). The topological polar surface area (TPSA) is 66.9 Å². The summed E-state index contributed by atoms with van der Waals surface area (Å²) in [5.41, 5.74) is 2.97. The van der Waals surface area contributed by atoms with Gasteiger partial charge in [-0.05, 0) is 38.1 Å². The molecule has 0 radical (unpaired) electrons. The van der Waals surface area contributed by atoms with Gasteiger partial charge in [-0.25, -0.2) is 0 Å². The van der Waals surface area contributed by atoms with Gasteiger partial charge in [-0.2, -0.15) is 0 Å². The van der Waals surface area contributed by atoms with E-state index >= 15 is 0 Å². The van der Waals surface area contributed by atoms with Crippen molar-refractivity contribution in [1.82, 2.24) is 15.3 Å². The first kappa shape index (κ1) is 15.0. The van der Waals surface area contributed by atoms with Crippen LogP contribution >= 0.6 is 0 Å². The molecule has 0 saturated carbocycles. The monoisotopic (exact) mass is 306 g/mol. The van der Waals surface area contributed by atoms with E-state index in [1.807, 2.05) is 50.2 Å². The summed E-state index contributed by atoms with van der Waals surface area (Å²) in [6.07, 6.45) is 3.39. The number of hydrogen-bond donors (Lipinski definition) is 2. The summed E-state index contributed by atoms with van der Waals surface area (Å²) < 4.78 is 0. The molecule has 0 unspecified atom stereocenters. The molecule has 0 aliphatic rings. The molecule has 3 rings (SSSR count). The fourth-order valence-corrected chi connectivity index (χ4v) is 2.33. The van der Waals surface area contributed by atoms with Crippen LogP contribution in [0.25, 0.3) is 10.9 Å². The van der Waals surface area contributed by atoms with Gasteiger partial charge in [0.15, 0.2) is 0 Å². The number of nitrogens with one attached hydrogen (secondary N) is 2. The number of benzene rings is 1. The van der Waals surface area contributed by atoms with Gasteiger partial charge in [-0.3, -0.25) is 14.8 Å². The van der Waals surface area contributed by atoms with E-state index in [-0.39, 0.29) is 11.9 Å². The molecule has 1 amide bonds. The third kappa shape index (κ3) is 3.45. The quantitative estimate of drug-likeness (QED) is 0.774. The Bertz CT molecular complexity index is 840. The van der Waals surface area contributed by atoms with Crippen molar-refractivity contribution in [2.24, 2.45) is 0 Å². The molecule has 0 spiro atoms. The SMILES string of the molecule is CC(C)NC(=O)c1cc(Nc2cccc3cccnc23)ccn1. The lowest BCUT2D eigenvalue weighted by molar-refractivity contribution is 0.0938. The predicted molar refractivity (Wildman–Crippen MR) is 91.9 cm³/mol. The van der Waals surface area contributed by atoms with E-state index < -0.39 is 0 Å². The molecule has 2 heterocycles. The van der Waals surface area contributed by atoms with Gasteiger partial charge in [0, 0.05) is 29.5 Å². The largest absolute Gasteiger partial charge is 0.354 e. The molecule has 1 aromatic carbocycles. The molecule has 0 aliphatic carbocycles. The predicted octanol–water partition coefficient (Wildman–Crippen LogP) is 3.51. The number of carbonyl (C=O) groups excluding carboxylic acids is 1. The first-order valence-corrected chi connectivity index (χ1v) is 7.51. The van der Waals surface area contributed by atoms with Crippen LogP contribution in [0.2, 0.25) is 0 Å². The van der Waals surface area contributed by atoms with Crippen molar-refractivity contribution in [2.75, 3.05) is 5.32 Å². The number of para-hydroxylation sites is 1. The number of anilines is 2. The smallest absolute Gasteiger partial charge is 0.270 e. The molecule has 116 valence electrons. The van der Waals surface area contributed by atoms with E-state index in [1.54, 1.807) is 18.5 Å². The Morgan fingerprint density at radius 1 is 1.04 bits per heavy atom. The minimum Gasteiger partial charge on any atom is -0.354 e. The van der Waals surface area contributed by atoms with Crippen LogP contribution in [0.3, 0.4) is 0 Å². The van der Waals surface area contributed by atoms with Crippen molar-refractivity contribution in [1.29, 1.82) is 0 Å². The van der Waals surface area contributed by atoms with Gasteiger partial charge in [-0.15, -0.1) is 0 Å². The number of nitrogens with zero attached hydrogens (tertiary/aromatic N) is 2. The van der Waals surface area contributed by atoms with Gasteiger partial charge in [0.25, 0.3) is 5.91 Å². The Hall–Kier alpha value is -2.95. The zero-order valence-electron chi connectivity index (χ0n) is 13.1. The van der Waals surface area contributed by atoms with Crippen LogP contribution in [-0.2, 0) is 0 Å². The van der Waals surface area contributed by atoms with Crippen molar-refractivity contribution in [3.05, 3.63) is 60.6 Å². The molecule has 0 aliphatic heterocycles. The first-order valence-electron chi connectivity index (χ1n) is 7.51. The summed E-state index contributed by atoms with van der Waals surface area (Å²) in [4.78, 5) is 20.6. The van der Waals surface area contributed by atoms with Crippen LogP contribution in [0.4, 0.5) is 11.4 Å². The molecule has 0 atom stereocenters. The number of rotatable bonds is 4. The van der Waals surface area contributed by atoms with Crippen LogP contribution in [-0.4, -0.2) is 21.9 Å². The molecule has 0 fully saturated rings. The zero-order valence-corrected chi connectivity index (χ0v) is 13.1. The summed E-state index contributed by atoms with van der Waals surface area (Å²) in [5.74, 6) is -0.181. The zero-order chi connectivity index (χ0) is 16.2. The Morgan fingerprint density at radius 3 is 2.70 bits per heavy atom. The Morgan fingerprint density at radius 2 is 1.87 bits per heavy atom. The lowest BCUT2D eigenvalue weighted by Gasteiger charge is -2.11. The van der Waals surface area contributed by atoms with Crippen LogP contribution in [0.5, 0.6) is 0 Å². The van der Waals surface area contributed by atoms with Crippen molar-refractivity contribution in [3.63, 3.8) is 0 Å². The van der Waals surface area contributed by atoms with Gasteiger partial charge in [0.05, 0.1) is 11.2 Å². The van der Waals surface area contributed by atoms with Crippen molar-refractivity contribution >= 4 is 28.2 Å².